The fraction of sp³-hybridized carbons (Fsp3) is 0.708. The second kappa shape index (κ2) is 7.33. The summed E-state index contributed by atoms with van der Waals surface area (Å²) in [6.45, 7) is 0. The third kappa shape index (κ3) is 3.34. The lowest BCUT2D eigenvalue weighted by molar-refractivity contribution is -0.137. The van der Waals surface area contributed by atoms with Gasteiger partial charge < -0.3 is 25.8 Å². The number of carbonyl (C=O) groups is 2. The molecule has 6 aliphatic rings. The molecule has 3 heterocycles. The molecule has 3 amide bonds. The first-order valence-electron chi connectivity index (χ1n) is 12.1. The molecule has 0 spiro atoms. The van der Waals surface area contributed by atoms with Crippen molar-refractivity contribution in [3.63, 3.8) is 0 Å². The monoisotopic (exact) mass is 440 g/mol. The largest absolute Gasteiger partial charge is 0.474 e. The van der Waals surface area contributed by atoms with E-state index < -0.39 is 11.5 Å². The maximum atomic E-state index is 13.4. The van der Waals surface area contributed by atoms with Gasteiger partial charge in [0.1, 0.15) is 11.7 Å². The Morgan fingerprint density at radius 1 is 1.12 bits per heavy atom. The van der Waals surface area contributed by atoms with E-state index in [9.17, 15) is 14.7 Å². The predicted octanol–water partition coefficient (Wildman–Crippen LogP) is 2.20. The number of nitrogens with zero attached hydrogens (tertiary/aromatic N) is 2. The van der Waals surface area contributed by atoms with Gasteiger partial charge in [0.2, 0.25) is 5.88 Å². The van der Waals surface area contributed by atoms with Crippen LogP contribution in [0.3, 0.4) is 0 Å². The van der Waals surface area contributed by atoms with E-state index in [0.717, 1.165) is 57.8 Å². The zero-order chi connectivity index (χ0) is 22.0. The molecule has 0 radical (unpaired) electrons. The van der Waals surface area contributed by atoms with Gasteiger partial charge in [-0.15, -0.1) is 0 Å². The van der Waals surface area contributed by atoms with Crippen LogP contribution in [0.4, 0.5) is 4.79 Å². The summed E-state index contributed by atoms with van der Waals surface area (Å²) in [5, 5.41) is 14.2. The number of hydrogen-bond donors (Lipinski definition) is 3. The maximum Gasteiger partial charge on any atom is 0.318 e. The van der Waals surface area contributed by atoms with Crippen LogP contribution in [0.1, 0.15) is 68.1 Å². The van der Waals surface area contributed by atoms with Crippen LogP contribution in [-0.2, 0) is 0 Å². The van der Waals surface area contributed by atoms with E-state index >= 15 is 0 Å². The molecule has 6 bridgehead atoms. The highest BCUT2D eigenvalue weighted by atomic mass is 16.5. The van der Waals surface area contributed by atoms with Crippen molar-refractivity contribution in [2.24, 2.45) is 23.5 Å². The number of aromatic nitrogens is 1. The Labute approximate surface area is 187 Å². The minimum absolute atomic E-state index is 0.0519. The van der Waals surface area contributed by atoms with E-state index in [1.807, 2.05) is 4.90 Å². The Balaban J connectivity index is 1.12. The van der Waals surface area contributed by atoms with Gasteiger partial charge in [-0.2, -0.15) is 0 Å². The van der Waals surface area contributed by atoms with E-state index in [0.29, 0.717) is 23.3 Å². The average molecular weight is 441 g/mol. The standard InChI is InChI=1S/C24H32N4O4/c25-21(29)19-2-1-5-26-22(19)32-18-8-16-3-4-17(9-18)28(16)23(30)27-20-14-6-13-7-15(20)12-24(31,10-13)11-14/h1-2,5,13-18,20,31H,3-4,6-12H2,(H2,25,29)(H,27,30)/t13?,14?,15?,16-,17?,18?,20?,24?/m0/s1. The quantitative estimate of drug-likeness (QED) is 0.663. The summed E-state index contributed by atoms with van der Waals surface area (Å²) in [6, 6.07) is 3.83. The number of nitrogens with one attached hydrogen (secondary N) is 1. The molecule has 2 saturated heterocycles. The average Bonchev–Trinajstić information content (AvgIpc) is 3.00. The summed E-state index contributed by atoms with van der Waals surface area (Å²) >= 11 is 0. The fourth-order valence-corrected chi connectivity index (χ4v) is 7.82. The molecule has 4 aliphatic carbocycles. The minimum atomic E-state index is -0.548. The Morgan fingerprint density at radius 3 is 2.44 bits per heavy atom. The summed E-state index contributed by atoms with van der Waals surface area (Å²) < 4.78 is 6.10. The minimum Gasteiger partial charge on any atom is -0.474 e. The smallest absolute Gasteiger partial charge is 0.318 e. The number of amides is 3. The van der Waals surface area contributed by atoms with Crippen molar-refractivity contribution in [1.29, 1.82) is 0 Å². The number of nitrogens with two attached hydrogens (primary N) is 1. The molecule has 4 N–H and O–H groups in total. The second-order valence-corrected chi connectivity index (χ2v) is 10.9. The van der Waals surface area contributed by atoms with Crippen molar-refractivity contribution in [2.75, 3.05) is 0 Å². The Morgan fingerprint density at radius 2 is 1.81 bits per heavy atom. The van der Waals surface area contributed by atoms with Gasteiger partial charge in [-0.05, 0) is 74.8 Å². The van der Waals surface area contributed by atoms with Gasteiger partial charge in [0.05, 0.1) is 5.60 Å². The Hall–Kier alpha value is -2.35. The Bertz CT molecular complexity index is 908. The molecule has 0 aromatic carbocycles. The number of aliphatic hydroxyl groups is 1. The summed E-state index contributed by atoms with van der Waals surface area (Å²) in [4.78, 5) is 31.3. The van der Waals surface area contributed by atoms with Crippen LogP contribution in [0.25, 0.3) is 0 Å². The lowest BCUT2D eigenvalue weighted by Crippen LogP contribution is -2.64. The first kappa shape index (κ1) is 20.3. The number of urea groups is 1. The van der Waals surface area contributed by atoms with Crippen LogP contribution in [0.15, 0.2) is 18.3 Å². The molecule has 2 aliphatic heterocycles. The van der Waals surface area contributed by atoms with Gasteiger partial charge in [-0.3, -0.25) is 4.79 Å². The molecule has 5 atom stereocenters. The van der Waals surface area contributed by atoms with E-state index in [4.69, 9.17) is 10.5 Å². The number of hydrogen-bond acceptors (Lipinski definition) is 5. The molecule has 8 nitrogen and oxygen atoms in total. The molecule has 8 heteroatoms. The van der Waals surface area contributed by atoms with Crippen LogP contribution in [0.5, 0.6) is 5.88 Å². The summed E-state index contributed by atoms with van der Waals surface area (Å²) in [7, 11) is 0. The van der Waals surface area contributed by atoms with Crippen LogP contribution >= 0.6 is 0 Å². The van der Waals surface area contributed by atoms with Gasteiger partial charge >= 0.3 is 6.03 Å². The number of ether oxygens (including phenoxy) is 1. The highest BCUT2D eigenvalue weighted by Crippen LogP contribution is 2.55. The van der Waals surface area contributed by atoms with Crippen molar-refractivity contribution >= 4 is 11.9 Å². The van der Waals surface area contributed by atoms with Crippen molar-refractivity contribution in [3.05, 3.63) is 23.9 Å². The maximum absolute atomic E-state index is 13.4. The molecule has 172 valence electrons. The highest BCUT2D eigenvalue weighted by molar-refractivity contribution is 5.94. The second-order valence-electron chi connectivity index (χ2n) is 10.9. The SMILES string of the molecule is NC(=O)c1cccnc1OC1CC2CC[C@@H](C1)N2C(=O)NC1C2CC3CC1CC(O)(C3)C2. The Kier molecular flexibility index (Phi) is 4.65. The number of fused-ring (bicyclic) bond motifs is 2. The van der Waals surface area contributed by atoms with E-state index in [2.05, 4.69) is 10.3 Å². The first-order valence-corrected chi connectivity index (χ1v) is 12.1. The van der Waals surface area contributed by atoms with Gasteiger partial charge in [0.25, 0.3) is 5.91 Å². The summed E-state index contributed by atoms with van der Waals surface area (Å²) in [6.07, 6.45) is 9.82. The van der Waals surface area contributed by atoms with E-state index in [-0.39, 0.29) is 36.1 Å². The van der Waals surface area contributed by atoms with E-state index in [1.54, 1.807) is 18.3 Å². The molecule has 32 heavy (non-hydrogen) atoms. The van der Waals surface area contributed by atoms with Crippen molar-refractivity contribution in [2.45, 2.75) is 87.6 Å². The van der Waals surface area contributed by atoms with Crippen molar-refractivity contribution in [3.8, 4) is 5.88 Å². The van der Waals surface area contributed by atoms with Crippen LogP contribution in [-0.4, -0.2) is 56.8 Å². The zero-order valence-electron chi connectivity index (χ0n) is 18.3. The fourth-order valence-electron chi connectivity index (χ4n) is 7.82. The molecule has 4 saturated carbocycles. The topological polar surface area (TPSA) is 118 Å². The number of pyridine rings is 1. The molecular formula is C24H32N4O4. The molecule has 6 fully saturated rings. The van der Waals surface area contributed by atoms with Crippen LogP contribution in [0, 0.1) is 17.8 Å². The number of rotatable bonds is 4. The lowest BCUT2D eigenvalue weighted by atomic mass is 9.52. The molecule has 1 aromatic heterocycles. The van der Waals surface area contributed by atoms with Crippen LogP contribution < -0.4 is 15.8 Å². The summed E-state index contributed by atoms with van der Waals surface area (Å²) in [5.41, 5.74) is 5.27. The number of carbonyl (C=O) groups excluding carboxylic acids is 2. The normalized spacial score (nSPS) is 41.5. The van der Waals surface area contributed by atoms with Crippen LogP contribution in [0.2, 0.25) is 0 Å². The number of primary amides is 1. The van der Waals surface area contributed by atoms with E-state index in [1.165, 1.54) is 0 Å². The summed E-state index contributed by atoms with van der Waals surface area (Å²) in [5.74, 6) is 1.18. The molecule has 1 aromatic rings. The third-order valence-corrected chi connectivity index (χ3v) is 8.77. The van der Waals surface area contributed by atoms with Gasteiger partial charge in [-0.1, -0.05) is 0 Å². The predicted molar refractivity (Wildman–Crippen MR) is 116 cm³/mol. The van der Waals surface area contributed by atoms with Gasteiger partial charge in [0, 0.05) is 37.2 Å². The number of piperidine rings is 1. The third-order valence-electron chi connectivity index (χ3n) is 8.77. The van der Waals surface area contributed by atoms with Gasteiger partial charge in [-0.25, -0.2) is 9.78 Å². The highest BCUT2D eigenvalue weighted by Gasteiger charge is 2.55. The molecule has 7 rings (SSSR count). The van der Waals surface area contributed by atoms with Gasteiger partial charge in [0.15, 0.2) is 0 Å². The zero-order valence-corrected chi connectivity index (χ0v) is 18.3. The molecule has 4 unspecified atom stereocenters. The lowest BCUT2D eigenvalue weighted by Gasteiger charge is -2.58. The van der Waals surface area contributed by atoms with Crippen molar-refractivity contribution in [1.82, 2.24) is 15.2 Å². The van der Waals surface area contributed by atoms with Crippen molar-refractivity contribution < 1.29 is 19.4 Å². The first-order chi connectivity index (χ1) is 15.4. The molecular weight excluding hydrogens is 408 g/mol.